The molecule has 19 heavy (non-hydrogen) atoms. The van der Waals surface area contributed by atoms with Gasteiger partial charge >= 0.3 is 0 Å². The van der Waals surface area contributed by atoms with Gasteiger partial charge in [-0.1, -0.05) is 0 Å². The van der Waals surface area contributed by atoms with Gasteiger partial charge in [0.2, 0.25) is 17.2 Å². The molecule has 0 radical (unpaired) electrons. The Labute approximate surface area is 117 Å². The molecule has 1 aromatic heterocycles. The third-order valence-corrected chi connectivity index (χ3v) is 3.08. The maximum absolute atomic E-state index is 9.21. The highest BCUT2D eigenvalue weighted by molar-refractivity contribution is 6.28. The van der Waals surface area contributed by atoms with Gasteiger partial charge in [-0.25, -0.2) is 0 Å². The van der Waals surface area contributed by atoms with Crippen LogP contribution in [0.25, 0.3) is 0 Å². The molecule has 1 unspecified atom stereocenters. The predicted octanol–water partition coefficient (Wildman–Crippen LogP) is 0.544. The van der Waals surface area contributed by atoms with Gasteiger partial charge in [-0.05, 0) is 24.4 Å². The first-order chi connectivity index (χ1) is 9.22. The summed E-state index contributed by atoms with van der Waals surface area (Å²) in [6, 6.07) is -0.269. The molecule has 1 aromatic rings. The molecule has 7 nitrogen and oxygen atoms in total. The fourth-order valence-corrected chi connectivity index (χ4v) is 2.14. The summed E-state index contributed by atoms with van der Waals surface area (Å²) in [5, 5.41) is 12.3. The molecule has 0 aromatic carbocycles. The van der Waals surface area contributed by atoms with E-state index in [0.29, 0.717) is 18.5 Å². The Kier molecular flexibility index (Phi) is 5.12. The zero-order valence-electron chi connectivity index (χ0n) is 10.8. The van der Waals surface area contributed by atoms with Crippen LogP contribution in [0.2, 0.25) is 5.28 Å². The highest BCUT2D eigenvalue weighted by atomic mass is 35.5. The normalized spacial score (nSPS) is 16.7. The average molecular weight is 288 g/mol. The minimum Gasteiger partial charge on any atom is -0.394 e. The van der Waals surface area contributed by atoms with Gasteiger partial charge in [-0.3, -0.25) is 0 Å². The van der Waals surface area contributed by atoms with Crippen LogP contribution in [0.1, 0.15) is 12.8 Å². The lowest BCUT2D eigenvalue weighted by Crippen LogP contribution is -2.30. The number of methoxy groups -OCH3 is 1. The summed E-state index contributed by atoms with van der Waals surface area (Å²) in [6.45, 7) is 2.15. The molecule has 2 rings (SSSR count). The van der Waals surface area contributed by atoms with E-state index in [1.54, 1.807) is 7.11 Å². The third-order valence-electron chi connectivity index (χ3n) is 2.91. The average Bonchev–Trinajstić information content (AvgIpc) is 2.91. The fraction of sp³-hybridized carbons (Fsp3) is 0.727. The molecule has 106 valence electrons. The lowest BCUT2D eigenvalue weighted by Gasteiger charge is -2.18. The van der Waals surface area contributed by atoms with Crippen molar-refractivity contribution in [2.24, 2.45) is 0 Å². The molecule has 0 spiro atoms. The van der Waals surface area contributed by atoms with E-state index in [2.05, 4.69) is 25.2 Å². The van der Waals surface area contributed by atoms with E-state index in [9.17, 15) is 5.11 Å². The first-order valence-electron chi connectivity index (χ1n) is 6.26. The van der Waals surface area contributed by atoms with Crippen LogP contribution in [0.4, 0.5) is 11.9 Å². The van der Waals surface area contributed by atoms with Crippen LogP contribution in [0, 0.1) is 0 Å². The van der Waals surface area contributed by atoms with Crippen LogP contribution < -0.4 is 10.2 Å². The van der Waals surface area contributed by atoms with Crippen molar-refractivity contribution in [1.82, 2.24) is 15.0 Å². The van der Waals surface area contributed by atoms with E-state index in [-0.39, 0.29) is 17.9 Å². The highest BCUT2D eigenvalue weighted by Crippen LogP contribution is 2.18. The van der Waals surface area contributed by atoms with Gasteiger partial charge in [-0.2, -0.15) is 15.0 Å². The van der Waals surface area contributed by atoms with E-state index in [0.717, 1.165) is 25.9 Å². The van der Waals surface area contributed by atoms with Crippen molar-refractivity contribution >= 4 is 23.5 Å². The highest BCUT2D eigenvalue weighted by Gasteiger charge is 2.18. The first kappa shape index (κ1) is 14.2. The van der Waals surface area contributed by atoms with Gasteiger partial charge in [0.05, 0.1) is 19.3 Å². The SMILES string of the molecule is COCC(CO)Nc1nc(Cl)nc(N2CCCC2)n1. The standard InChI is InChI=1S/C11H18ClN5O2/c1-19-7-8(6-18)13-10-14-9(12)15-11(16-10)17-4-2-3-5-17/h8,18H,2-7H2,1H3,(H,13,14,15,16). The van der Waals surface area contributed by atoms with E-state index < -0.39 is 0 Å². The van der Waals surface area contributed by atoms with E-state index >= 15 is 0 Å². The van der Waals surface area contributed by atoms with Gasteiger partial charge in [0.25, 0.3) is 0 Å². The molecule has 1 atom stereocenters. The number of hydrogen-bond acceptors (Lipinski definition) is 7. The third kappa shape index (κ3) is 3.89. The number of hydrogen-bond donors (Lipinski definition) is 2. The number of ether oxygens (including phenoxy) is 1. The Hall–Kier alpha value is -1.18. The summed E-state index contributed by atoms with van der Waals surface area (Å²) in [7, 11) is 1.57. The summed E-state index contributed by atoms with van der Waals surface area (Å²) in [6.07, 6.45) is 2.27. The first-order valence-corrected chi connectivity index (χ1v) is 6.63. The van der Waals surface area contributed by atoms with Crippen LogP contribution >= 0.6 is 11.6 Å². The number of aliphatic hydroxyl groups is 1. The number of nitrogens with zero attached hydrogens (tertiary/aromatic N) is 4. The Morgan fingerprint density at radius 1 is 1.37 bits per heavy atom. The maximum Gasteiger partial charge on any atom is 0.231 e. The van der Waals surface area contributed by atoms with Crippen molar-refractivity contribution < 1.29 is 9.84 Å². The van der Waals surface area contributed by atoms with Crippen molar-refractivity contribution in [3.05, 3.63) is 5.28 Å². The topological polar surface area (TPSA) is 83.4 Å². The minimum absolute atomic E-state index is 0.0732. The molecule has 1 aliphatic rings. The van der Waals surface area contributed by atoms with Gasteiger partial charge in [0, 0.05) is 20.2 Å². The lowest BCUT2D eigenvalue weighted by atomic mass is 10.3. The Bertz CT molecular complexity index is 414. The van der Waals surface area contributed by atoms with Crippen LogP contribution in [0.5, 0.6) is 0 Å². The maximum atomic E-state index is 9.21. The number of anilines is 2. The molecule has 0 bridgehead atoms. The van der Waals surface area contributed by atoms with Crippen molar-refractivity contribution in [3.63, 3.8) is 0 Å². The summed E-state index contributed by atoms with van der Waals surface area (Å²) in [4.78, 5) is 14.5. The van der Waals surface area contributed by atoms with Crippen molar-refractivity contribution in [3.8, 4) is 0 Å². The lowest BCUT2D eigenvalue weighted by molar-refractivity contribution is 0.153. The minimum atomic E-state index is -0.269. The molecule has 0 saturated carbocycles. The Morgan fingerprint density at radius 2 is 2.11 bits per heavy atom. The second kappa shape index (κ2) is 6.83. The molecule has 2 heterocycles. The molecule has 1 fully saturated rings. The predicted molar refractivity (Wildman–Crippen MR) is 72.7 cm³/mol. The molecule has 1 aliphatic heterocycles. The molecular formula is C11H18ClN5O2. The molecule has 0 amide bonds. The Balaban J connectivity index is 2.11. The smallest absolute Gasteiger partial charge is 0.231 e. The van der Waals surface area contributed by atoms with E-state index in [1.807, 2.05) is 0 Å². The van der Waals surface area contributed by atoms with E-state index in [1.165, 1.54) is 0 Å². The van der Waals surface area contributed by atoms with Crippen molar-refractivity contribution in [2.45, 2.75) is 18.9 Å². The summed E-state index contributed by atoms with van der Waals surface area (Å²) in [5.74, 6) is 0.937. The Morgan fingerprint density at radius 3 is 2.74 bits per heavy atom. The number of aliphatic hydroxyl groups excluding tert-OH is 1. The largest absolute Gasteiger partial charge is 0.394 e. The molecular weight excluding hydrogens is 270 g/mol. The van der Waals surface area contributed by atoms with Crippen LogP contribution in [0.3, 0.4) is 0 Å². The van der Waals surface area contributed by atoms with Gasteiger partial charge in [-0.15, -0.1) is 0 Å². The quantitative estimate of drug-likeness (QED) is 0.790. The number of aromatic nitrogens is 3. The van der Waals surface area contributed by atoms with Crippen molar-refractivity contribution in [1.29, 1.82) is 0 Å². The molecule has 2 N–H and O–H groups in total. The summed E-state index contributed by atoms with van der Waals surface area (Å²) < 4.78 is 4.99. The second-order valence-electron chi connectivity index (χ2n) is 4.40. The monoisotopic (exact) mass is 287 g/mol. The molecule has 0 aliphatic carbocycles. The van der Waals surface area contributed by atoms with Crippen LogP contribution in [-0.4, -0.2) is 59.5 Å². The van der Waals surface area contributed by atoms with Gasteiger partial charge in [0.1, 0.15) is 0 Å². The fourth-order valence-electron chi connectivity index (χ4n) is 1.99. The number of rotatable bonds is 6. The van der Waals surface area contributed by atoms with Gasteiger partial charge < -0.3 is 20.1 Å². The summed E-state index contributed by atoms with van der Waals surface area (Å²) >= 11 is 5.91. The zero-order valence-corrected chi connectivity index (χ0v) is 11.6. The van der Waals surface area contributed by atoms with Gasteiger partial charge in [0.15, 0.2) is 0 Å². The second-order valence-corrected chi connectivity index (χ2v) is 4.74. The molecule has 1 saturated heterocycles. The number of nitrogens with one attached hydrogen (secondary N) is 1. The van der Waals surface area contributed by atoms with Crippen molar-refractivity contribution in [2.75, 3.05) is 43.6 Å². The van der Waals surface area contributed by atoms with E-state index in [4.69, 9.17) is 16.3 Å². The number of halogens is 1. The van der Waals surface area contributed by atoms with Crippen LogP contribution in [-0.2, 0) is 4.74 Å². The molecule has 8 heteroatoms. The van der Waals surface area contributed by atoms with Crippen LogP contribution in [0.15, 0.2) is 0 Å². The summed E-state index contributed by atoms with van der Waals surface area (Å²) in [5.41, 5.74) is 0. The zero-order chi connectivity index (χ0) is 13.7.